The summed E-state index contributed by atoms with van der Waals surface area (Å²) in [6, 6.07) is 19.4. The minimum absolute atomic E-state index is 0.223. The van der Waals surface area contributed by atoms with Crippen LogP contribution in [-0.2, 0) is 13.0 Å². The standard InChI is InChI=1S/C26H25FN2O3/c1-31-24-11-10-18(14-25(24)32-2)17-29(26(30)19-6-5-7-21(27)15-19)13-12-20-16-28-23-9-4-3-8-22(20)23/h3-11,14-16,28H,12-13,17H2,1-2H3. The van der Waals surface area contributed by atoms with E-state index in [1.165, 1.54) is 12.1 Å². The van der Waals surface area contributed by atoms with Crippen LogP contribution in [0.25, 0.3) is 10.9 Å². The third-order valence-corrected chi connectivity index (χ3v) is 5.51. The molecule has 32 heavy (non-hydrogen) atoms. The fraction of sp³-hybridized carbons (Fsp3) is 0.192. The zero-order chi connectivity index (χ0) is 22.5. The summed E-state index contributed by atoms with van der Waals surface area (Å²) in [5.74, 6) is 0.565. The Bertz CT molecular complexity index is 1230. The van der Waals surface area contributed by atoms with Crippen molar-refractivity contribution in [2.45, 2.75) is 13.0 Å². The second-order valence-electron chi connectivity index (χ2n) is 7.54. The van der Waals surface area contributed by atoms with Crippen molar-refractivity contribution in [2.75, 3.05) is 20.8 Å². The lowest BCUT2D eigenvalue weighted by Gasteiger charge is -2.23. The Balaban J connectivity index is 1.61. The Morgan fingerprint density at radius 1 is 0.969 bits per heavy atom. The molecule has 3 aromatic carbocycles. The Hall–Kier alpha value is -3.80. The molecule has 1 amide bonds. The maximum absolute atomic E-state index is 13.8. The van der Waals surface area contributed by atoms with Gasteiger partial charge in [0.15, 0.2) is 11.5 Å². The number of H-pyrrole nitrogens is 1. The van der Waals surface area contributed by atoms with Crippen LogP contribution < -0.4 is 9.47 Å². The maximum Gasteiger partial charge on any atom is 0.254 e. The molecule has 0 saturated heterocycles. The number of hydrogen-bond acceptors (Lipinski definition) is 3. The van der Waals surface area contributed by atoms with Gasteiger partial charge in [-0.25, -0.2) is 4.39 Å². The number of rotatable bonds is 8. The van der Waals surface area contributed by atoms with Crippen LogP contribution in [0, 0.1) is 5.82 Å². The zero-order valence-electron chi connectivity index (χ0n) is 18.1. The van der Waals surface area contributed by atoms with Gasteiger partial charge in [0.25, 0.3) is 5.91 Å². The summed E-state index contributed by atoms with van der Waals surface area (Å²) >= 11 is 0. The van der Waals surface area contributed by atoms with Crippen molar-refractivity contribution in [2.24, 2.45) is 0 Å². The van der Waals surface area contributed by atoms with Crippen LogP contribution in [0.4, 0.5) is 4.39 Å². The minimum Gasteiger partial charge on any atom is -0.493 e. The number of aromatic nitrogens is 1. The van der Waals surface area contributed by atoms with Gasteiger partial charge in [-0.15, -0.1) is 0 Å². The lowest BCUT2D eigenvalue weighted by atomic mass is 10.1. The lowest BCUT2D eigenvalue weighted by Crippen LogP contribution is -2.32. The van der Waals surface area contributed by atoms with Crippen LogP contribution in [-0.4, -0.2) is 36.6 Å². The number of fused-ring (bicyclic) bond motifs is 1. The molecule has 0 fully saturated rings. The lowest BCUT2D eigenvalue weighted by molar-refractivity contribution is 0.0744. The highest BCUT2D eigenvalue weighted by Gasteiger charge is 2.18. The van der Waals surface area contributed by atoms with Crippen LogP contribution in [0.5, 0.6) is 11.5 Å². The van der Waals surface area contributed by atoms with E-state index < -0.39 is 5.82 Å². The zero-order valence-corrected chi connectivity index (χ0v) is 18.1. The Labute approximate surface area is 186 Å². The summed E-state index contributed by atoms with van der Waals surface area (Å²) in [7, 11) is 3.16. The van der Waals surface area contributed by atoms with E-state index in [-0.39, 0.29) is 5.91 Å². The van der Waals surface area contributed by atoms with Gasteiger partial charge in [-0.3, -0.25) is 4.79 Å². The third kappa shape index (κ3) is 4.59. The monoisotopic (exact) mass is 432 g/mol. The molecule has 0 atom stereocenters. The first-order chi connectivity index (χ1) is 15.6. The number of methoxy groups -OCH3 is 2. The predicted octanol–water partition coefficient (Wildman–Crippen LogP) is 5.21. The van der Waals surface area contributed by atoms with E-state index in [0.717, 1.165) is 22.0 Å². The molecule has 1 aromatic heterocycles. The molecule has 4 rings (SSSR count). The van der Waals surface area contributed by atoms with Gasteiger partial charge >= 0.3 is 0 Å². The van der Waals surface area contributed by atoms with E-state index in [9.17, 15) is 9.18 Å². The smallest absolute Gasteiger partial charge is 0.254 e. The van der Waals surface area contributed by atoms with E-state index in [1.54, 1.807) is 31.3 Å². The molecule has 1 N–H and O–H groups in total. The number of aromatic amines is 1. The van der Waals surface area contributed by atoms with E-state index in [1.807, 2.05) is 42.6 Å². The molecule has 0 radical (unpaired) electrons. The number of benzene rings is 3. The number of para-hydroxylation sites is 1. The summed E-state index contributed by atoms with van der Waals surface area (Å²) in [4.78, 5) is 18.3. The number of amides is 1. The van der Waals surface area contributed by atoms with Crippen LogP contribution in [0.15, 0.2) is 72.9 Å². The average molecular weight is 432 g/mol. The van der Waals surface area contributed by atoms with Gasteiger partial charge in [-0.1, -0.05) is 30.3 Å². The summed E-state index contributed by atoms with van der Waals surface area (Å²) in [5.41, 5.74) is 3.41. The topological polar surface area (TPSA) is 54.6 Å². The van der Waals surface area contributed by atoms with Crippen LogP contribution in [0.2, 0.25) is 0 Å². The number of nitrogens with zero attached hydrogens (tertiary/aromatic N) is 1. The predicted molar refractivity (Wildman–Crippen MR) is 123 cm³/mol. The minimum atomic E-state index is -0.432. The molecule has 0 aliphatic rings. The second kappa shape index (κ2) is 9.56. The van der Waals surface area contributed by atoms with Gasteiger partial charge < -0.3 is 19.4 Å². The van der Waals surface area contributed by atoms with E-state index in [2.05, 4.69) is 11.1 Å². The fourth-order valence-corrected chi connectivity index (χ4v) is 3.85. The molecular weight excluding hydrogens is 407 g/mol. The number of ether oxygens (including phenoxy) is 2. The largest absolute Gasteiger partial charge is 0.493 e. The number of carbonyl (C=O) groups is 1. The molecule has 5 nitrogen and oxygen atoms in total. The highest BCUT2D eigenvalue weighted by molar-refractivity contribution is 5.94. The van der Waals surface area contributed by atoms with Gasteiger partial charge in [0.2, 0.25) is 0 Å². The number of nitrogens with one attached hydrogen (secondary N) is 1. The first kappa shape index (κ1) is 21.4. The summed E-state index contributed by atoms with van der Waals surface area (Å²) in [6.45, 7) is 0.837. The van der Waals surface area contributed by atoms with Gasteiger partial charge in [-0.2, -0.15) is 0 Å². The molecule has 4 aromatic rings. The molecule has 0 saturated carbocycles. The van der Waals surface area contributed by atoms with Crippen LogP contribution in [0.3, 0.4) is 0 Å². The molecule has 0 aliphatic heterocycles. The van der Waals surface area contributed by atoms with Crippen LogP contribution in [0.1, 0.15) is 21.5 Å². The first-order valence-electron chi connectivity index (χ1n) is 10.4. The molecule has 0 spiro atoms. The van der Waals surface area contributed by atoms with Gasteiger partial charge in [-0.05, 0) is 53.9 Å². The summed E-state index contributed by atoms with van der Waals surface area (Å²) in [6.07, 6.45) is 2.64. The van der Waals surface area contributed by atoms with E-state index in [4.69, 9.17) is 9.47 Å². The van der Waals surface area contributed by atoms with Crippen molar-refractivity contribution >= 4 is 16.8 Å². The highest BCUT2D eigenvalue weighted by atomic mass is 19.1. The Morgan fingerprint density at radius 3 is 2.56 bits per heavy atom. The number of carbonyl (C=O) groups excluding carboxylic acids is 1. The molecule has 6 heteroatoms. The molecule has 164 valence electrons. The van der Waals surface area contributed by atoms with Gasteiger partial charge in [0, 0.05) is 35.8 Å². The van der Waals surface area contributed by atoms with Gasteiger partial charge in [0.1, 0.15) is 5.82 Å². The SMILES string of the molecule is COc1ccc(CN(CCc2c[nH]c3ccccc23)C(=O)c2cccc(F)c2)cc1OC. The van der Waals surface area contributed by atoms with E-state index in [0.29, 0.717) is 36.6 Å². The van der Waals surface area contributed by atoms with Crippen molar-refractivity contribution in [3.63, 3.8) is 0 Å². The maximum atomic E-state index is 13.8. The van der Waals surface area contributed by atoms with Crippen molar-refractivity contribution in [3.05, 3.63) is 95.4 Å². The molecule has 0 aliphatic carbocycles. The average Bonchev–Trinajstić information content (AvgIpc) is 3.24. The van der Waals surface area contributed by atoms with Crippen molar-refractivity contribution in [3.8, 4) is 11.5 Å². The van der Waals surface area contributed by atoms with Crippen molar-refractivity contribution in [1.29, 1.82) is 0 Å². The first-order valence-corrected chi connectivity index (χ1v) is 10.4. The summed E-state index contributed by atoms with van der Waals surface area (Å²) < 4.78 is 24.5. The Kier molecular flexibility index (Phi) is 6.40. The quantitative estimate of drug-likeness (QED) is 0.416. The number of hydrogen-bond donors (Lipinski definition) is 1. The normalized spacial score (nSPS) is 10.8. The third-order valence-electron chi connectivity index (χ3n) is 5.51. The second-order valence-corrected chi connectivity index (χ2v) is 7.54. The Morgan fingerprint density at radius 2 is 1.78 bits per heavy atom. The van der Waals surface area contributed by atoms with Gasteiger partial charge in [0.05, 0.1) is 14.2 Å². The molecule has 0 bridgehead atoms. The highest BCUT2D eigenvalue weighted by Crippen LogP contribution is 2.28. The molecule has 1 heterocycles. The molecule has 0 unspecified atom stereocenters. The van der Waals surface area contributed by atoms with E-state index >= 15 is 0 Å². The number of halogens is 1. The van der Waals surface area contributed by atoms with Crippen molar-refractivity contribution < 1.29 is 18.7 Å². The fourth-order valence-electron chi connectivity index (χ4n) is 3.85. The summed E-state index contributed by atoms with van der Waals surface area (Å²) in [5, 5.41) is 1.14. The van der Waals surface area contributed by atoms with Crippen LogP contribution >= 0.6 is 0 Å². The molecular formula is C26H25FN2O3. The van der Waals surface area contributed by atoms with Crippen molar-refractivity contribution in [1.82, 2.24) is 9.88 Å².